The second-order valence-electron chi connectivity index (χ2n) is 6.34. The van der Waals surface area contributed by atoms with Crippen LogP contribution in [0.3, 0.4) is 0 Å². The fraction of sp³-hybridized carbons (Fsp3) is 0.600. The first-order valence-electron chi connectivity index (χ1n) is 7.22. The molecule has 1 aromatic heterocycles. The number of carbonyl (C=O) groups is 1. The smallest absolute Gasteiger partial charge is 0.416 e. The molecule has 0 spiro atoms. The number of ether oxygens (including phenoxy) is 2. The predicted octanol–water partition coefficient (Wildman–Crippen LogP) is 3.49. The van der Waals surface area contributed by atoms with Crippen molar-refractivity contribution in [2.75, 3.05) is 13.1 Å². The van der Waals surface area contributed by atoms with Gasteiger partial charge in [0.25, 0.3) is 0 Å². The molecule has 128 valence electrons. The summed E-state index contributed by atoms with van der Waals surface area (Å²) >= 11 is 0. The molecule has 0 aromatic carbocycles. The Labute approximate surface area is 132 Å². The van der Waals surface area contributed by atoms with Gasteiger partial charge in [-0.05, 0) is 26.8 Å². The van der Waals surface area contributed by atoms with Gasteiger partial charge in [-0.15, -0.1) is 0 Å². The first-order valence-corrected chi connectivity index (χ1v) is 7.22. The summed E-state index contributed by atoms with van der Waals surface area (Å²) < 4.78 is 48.7. The molecule has 1 aliphatic rings. The molecule has 0 saturated carbocycles. The van der Waals surface area contributed by atoms with E-state index < -0.39 is 29.5 Å². The van der Waals surface area contributed by atoms with Crippen LogP contribution in [0.15, 0.2) is 18.3 Å². The normalized spacial score (nSPS) is 18.9. The highest BCUT2D eigenvalue weighted by molar-refractivity contribution is 5.68. The number of nitrogens with zero attached hydrogens (tertiary/aromatic N) is 2. The minimum Gasteiger partial charge on any atom is -0.472 e. The summed E-state index contributed by atoms with van der Waals surface area (Å²) in [5.41, 5.74) is -1.41. The average molecular weight is 332 g/mol. The number of rotatable bonds is 2. The molecular formula is C15H19F3N2O3. The van der Waals surface area contributed by atoms with Gasteiger partial charge in [-0.25, -0.2) is 9.78 Å². The van der Waals surface area contributed by atoms with Crippen LogP contribution in [0.1, 0.15) is 32.8 Å². The number of halogens is 3. The lowest BCUT2D eigenvalue weighted by Gasteiger charge is -2.24. The molecule has 1 aliphatic heterocycles. The van der Waals surface area contributed by atoms with E-state index in [-0.39, 0.29) is 12.4 Å². The molecule has 2 heterocycles. The lowest BCUT2D eigenvalue weighted by molar-refractivity contribution is -0.137. The van der Waals surface area contributed by atoms with Gasteiger partial charge in [-0.2, -0.15) is 13.2 Å². The largest absolute Gasteiger partial charge is 0.472 e. The fourth-order valence-electron chi connectivity index (χ4n) is 2.14. The molecule has 5 nitrogen and oxygen atoms in total. The monoisotopic (exact) mass is 332 g/mol. The number of carbonyl (C=O) groups excluding carboxylic acids is 1. The Morgan fingerprint density at radius 3 is 2.65 bits per heavy atom. The van der Waals surface area contributed by atoms with Crippen LogP contribution in [-0.4, -0.2) is 40.8 Å². The van der Waals surface area contributed by atoms with E-state index in [2.05, 4.69) is 4.98 Å². The molecule has 8 heteroatoms. The third-order valence-corrected chi connectivity index (χ3v) is 3.15. The van der Waals surface area contributed by atoms with E-state index >= 15 is 0 Å². The van der Waals surface area contributed by atoms with Crippen molar-refractivity contribution in [2.45, 2.75) is 45.1 Å². The Kier molecular flexibility index (Phi) is 4.72. The minimum absolute atomic E-state index is 0.101. The van der Waals surface area contributed by atoms with Crippen LogP contribution in [0.2, 0.25) is 0 Å². The average Bonchev–Trinajstić information content (AvgIpc) is 2.85. The molecular weight excluding hydrogens is 313 g/mol. The molecule has 0 radical (unpaired) electrons. The van der Waals surface area contributed by atoms with Crippen molar-refractivity contribution < 1.29 is 27.4 Å². The van der Waals surface area contributed by atoms with Gasteiger partial charge in [0.2, 0.25) is 5.88 Å². The van der Waals surface area contributed by atoms with Gasteiger partial charge in [0.05, 0.1) is 12.1 Å². The van der Waals surface area contributed by atoms with Crippen molar-refractivity contribution in [3.8, 4) is 5.88 Å². The second-order valence-corrected chi connectivity index (χ2v) is 6.34. The van der Waals surface area contributed by atoms with Gasteiger partial charge in [0, 0.05) is 25.2 Å². The number of aromatic nitrogens is 1. The van der Waals surface area contributed by atoms with Gasteiger partial charge >= 0.3 is 12.3 Å². The molecule has 1 saturated heterocycles. The standard InChI is InChI=1S/C15H19F3N2O3/c1-14(2,3)23-13(21)20-7-5-11(9-20)22-12-8-10(4-6-19-12)15(16,17)18/h4,6,8,11H,5,7,9H2,1-3H3. The highest BCUT2D eigenvalue weighted by atomic mass is 19.4. The van der Waals surface area contributed by atoms with Crippen LogP contribution in [0.25, 0.3) is 0 Å². The van der Waals surface area contributed by atoms with Crippen molar-refractivity contribution in [2.24, 2.45) is 0 Å². The summed E-state index contributed by atoms with van der Waals surface area (Å²) in [4.78, 5) is 17.2. The van der Waals surface area contributed by atoms with Gasteiger partial charge in [0.1, 0.15) is 11.7 Å². The van der Waals surface area contributed by atoms with E-state index in [4.69, 9.17) is 9.47 Å². The Morgan fingerprint density at radius 2 is 2.04 bits per heavy atom. The molecule has 23 heavy (non-hydrogen) atoms. The van der Waals surface area contributed by atoms with Crippen LogP contribution in [0.5, 0.6) is 5.88 Å². The minimum atomic E-state index is -4.45. The Bertz CT molecular complexity index is 570. The van der Waals surface area contributed by atoms with Gasteiger partial charge < -0.3 is 14.4 Å². The summed E-state index contributed by atoms with van der Waals surface area (Å²) in [5, 5.41) is 0. The second kappa shape index (κ2) is 6.25. The van der Waals surface area contributed by atoms with Crippen molar-refractivity contribution in [3.63, 3.8) is 0 Å². The molecule has 1 aromatic rings. The molecule has 1 atom stereocenters. The van der Waals surface area contributed by atoms with E-state index in [0.717, 1.165) is 18.3 Å². The Balaban J connectivity index is 1.95. The van der Waals surface area contributed by atoms with Crippen LogP contribution < -0.4 is 4.74 Å². The highest BCUT2D eigenvalue weighted by Gasteiger charge is 2.33. The third kappa shape index (κ3) is 5.01. The van der Waals surface area contributed by atoms with E-state index in [1.807, 2.05) is 0 Å². The van der Waals surface area contributed by atoms with Crippen molar-refractivity contribution >= 4 is 6.09 Å². The third-order valence-electron chi connectivity index (χ3n) is 3.15. The lowest BCUT2D eigenvalue weighted by atomic mass is 10.2. The zero-order valence-corrected chi connectivity index (χ0v) is 13.2. The van der Waals surface area contributed by atoms with Crippen LogP contribution in [0, 0.1) is 0 Å². The number of likely N-dealkylation sites (tertiary alicyclic amines) is 1. The summed E-state index contributed by atoms with van der Waals surface area (Å²) in [7, 11) is 0. The number of hydrogen-bond acceptors (Lipinski definition) is 4. The number of pyridine rings is 1. The summed E-state index contributed by atoms with van der Waals surface area (Å²) in [5.74, 6) is -0.101. The van der Waals surface area contributed by atoms with Gasteiger partial charge in [-0.3, -0.25) is 0 Å². The maximum absolute atomic E-state index is 12.7. The topological polar surface area (TPSA) is 51.7 Å². The number of amides is 1. The summed E-state index contributed by atoms with van der Waals surface area (Å²) in [6.45, 7) is 5.98. The van der Waals surface area contributed by atoms with Crippen LogP contribution in [-0.2, 0) is 10.9 Å². The van der Waals surface area contributed by atoms with Crippen molar-refractivity contribution in [1.29, 1.82) is 0 Å². The Morgan fingerprint density at radius 1 is 1.35 bits per heavy atom. The fourth-order valence-corrected chi connectivity index (χ4v) is 2.14. The maximum atomic E-state index is 12.7. The molecule has 0 N–H and O–H groups in total. The molecule has 0 bridgehead atoms. The van der Waals surface area contributed by atoms with Crippen molar-refractivity contribution in [3.05, 3.63) is 23.9 Å². The van der Waals surface area contributed by atoms with Crippen LogP contribution in [0.4, 0.5) is 18.0 Å². The predicted molar refractivity (Wildman–Crippen MR) is 76.1 cm³/mol. The quantitative estimate of drug-likeness (QED) is 0.832. The number of alkyl halides is 3. The lowest BCUT2D eigenvalue weighted by Crippen LogP contribution is -2.36. The summed E-state index contributed by atoms with van der Waals surface area (Å²) in [6, 6.07) is 1.74. The van der Waals surface area contributed by atoms with Crippen molar-refractivity contribution in [1.82, 2.24) is 9.88 Å². The molecule has 0 aliphatic carbocycles. The number of hydrogen-bond donors (Lipinski definition) is 0. The van der Waals surface area contributed by atoms with E-state index in [1.54, 1.807) is 20.8 Å². The van der Waals surface area contributed by atoms with Crippen LogP contribution >= 0.6 is 0 Å². The van der Waals surface area contributed by atoms with Gasteiger partial charge in [-0.1, -0.05) is 0 Å². The van der Waals surface area contributed by atoms with E-state index in [9.17, 15) is 18.0 Å². The molecule has 1 unspecified atom stereocenters. The van der Waals surface area contributed by atoms with E-state index in [0.29, 0.717) is 13.0 Å². The van der Waals surface area contributed by atoms with Gasteiger partial charge in [0.15, 0.2) is 0 Å². The highest BCUT2D eigenvalue weighted by Crippen LogP contribution is 2.31. The SMILES string of the molecule is CC(C)(C)OC(=O)N1CCC(Oc2cc(C(F)(F)F)ccn2)C1. The molecule has 1 amide bonds. The first kappa shape index (κ1) is 17.4. The molecule has 2 rings (SSSR count). The zero-order chi connectivity index (χ0) is 17.3. The Hall–Kier alpha value is -1.99. The molecule has 1 fully saturated rings. The first-order chi connectivity index (χ1) is 10.5. The summed E-state index contributed by atoms with van der Waals surface area (Å²) in [6.07, 6.45) is -3.74. The maximum Gasteiger partial charge on any atom is 0.416 e. The zero-order valence-electron chi connectivity index (χ0n) is 13.2. The van der Waals surface area contributed by atoms with E-state index in [1.165, 1.54) is 4.90 Å².